The van der Waals surface area contributed by atoms with Gasteiger partial charge in [-0.05, 0) is 47.6 Å². The van der Waals surface area contributed by atoms with Gasteiger partial charge in [-0.25, -0.2) is 13.1 Å². The van der Waals surface area contributed by atoms with Crippen molar-refractivity contribution in [1.82, 2.24) is 10.0 Å². The Labute approximate surface area is 193 Å². The summed E-state index contributed by atoms with van der Waals surface area (Å²) < 4.78 is 26.7. The van der Waals surface area contributed by atoms with Crippen LogP contribution in [0.1, 0.15) is 17.0 Å². The van der Waals surface area contributed by atoms with Gasteiger partial charge in [0.15, 0.2) is 5.11 Å². The first-order chi connectivity index (χ1) is 15.4. The lowest BCUT2D eigenvalue weighted by Crippen LogP contribution is -2.37. The monoisotopic (exact) mass is 465 g/mol. The molecule has 0 aliphatic rings. The molecule has 0 saturated carbocycles. The van der Waals surface area contributed by atoms with Gasteiger partial charge in [0, 0.05) is 12.2 Å². The van der Waals surface area contributed by atoms with Crippen molar-refractivity contribution in [1.29, 1.82) is 0 Å². The first-order valence-electron chi connectivity index (χ1n) is 9.83. The van der Waals surface area contributed by atoms with E-state index in [9.17, 15) is 13.2 Å². The van der Waals surface area contributed by atoms with Gasteiger partial charge in [-0.15, -0.1) is 6.58 Å². The highest BCUT2D eigenvalue weighted by atomic mass is 32.2. The lowest BCUT2D eigenvalue weighted by molar-refractivity contribution is -0.120. The van der Waals surface area contributed by atoms with Crippen molar-refractivity contribution in [3.05, 3.63) is 109 Å². The number of hydrogen-bond donors (Lipinski definition) is 3. The van der Waals surface area contributed by atoms with Gasteiger partial charge in [0.1, 0.15) is 0 Å². The van der Waals surface area contributed by atoms with E-state index in [1.807, 2.05) is 60.7 Å². The van der Waals surface area contributed by atoms with Gasteiger partial charge >= 0.3 is 0 Å². The zero-order chi connectivity index (χ0) is 23.0. The SMILES string of the molecule is C=CCNS(=O)(=O)c1ccc(NC(=S)NC(=O)C(c2ccccc2)c2ccccc2)cc1. The second kappa shape index (κ2) is 10.8. The van der Waals surface area contributed by atoms with Crippen molar-refractivity contribution in [3.63, 3.8) is 0 Å². The maximum atomic E-state index is 13.1. The zero-order valence-electron chi connectivity index (χ0n) is 17.2. The number of nitrogens with one attached hydrogen (secondary N) is 3. The van der Waals surface area contributed by atoms with Crippen molar-refractivity contribution in [2.75, 3.05) is 11.9 Å². The number of thiocarbonyl (C=S) groups is 1. The highest BCUT2D eigenvalue weighted by molar-refractivity contribution is 7.89. The van der Waals surface area contributed by atoms with Gasteiger partial charge in [0.25, 0.3) is 0 Å². The lowest BCUT2D eigenvalue weighted by atomic mass is 9.90. The lowest BCUT2D eigenvalue weighted by Gasteiger charge is -2.18. The van der Waals surface area contributed by atoms with Crippen LogP contribution in [0.4, 0.5) is 5.69 Å². The Morgan fingerprint density at radius 3 is 1.94 bits per heavy atom. The molecule has 1 amide bonds. The van der Waals surface area contributed by atoms with E-state index in [4.69, 9.17) is 12.2 Å². The minimum absolute atomic E-state index is 0.118. The highest BCUT2D eigenvalue weighted by Crippen LogP contribution is 2.24. The Balaban J connectivity index is 1.70. The predicted molar refractivity (Wildman–Crippen MR) is 131 cm³/mol. The first-order valence-corrected chi connectivity index (χ1v) is 11.7. The van der Waals surface area contributed by atoms with E-state index in [2.05, 4.69) is 21.9 Å². The Bertz CT molecular complexity index is 1140. The molecule has 0 spiro atoms. The molecule has 0 bridgehead atoms. The maximum Gasteiger partial charge on any atom is 0.240 e. The molecular weight excluding hydrogens is 442 g/mol. The topological polar surface area (TPSA) is 87.3 Å². The van der Waals surface area contributed by atoms with Gasteiger partial charge in [-0.3, -0.25) is 4.79 Å². The van der Waals surface area contributed by atoms with Crippen LogP contribution >= 0.6 is 12.2 Å². The van der Waals surface area contributed by atoms with E-state index >= 15 is 0 Å². The van der Waals surface area contributed by atoms with E-state index in [-0.39, 0.29) is 22.5 Å². The van der Waals surface area contributed by atoms with Gasteiger partial charge in [-0.1, -0.05) is 66.7 Å². The Morgan fingerprint density at radius 1 is 0.906 bits per heavy atom. The Hall–Kier alpha value is -3.33. The molecule has 3 rings (SSSR count). The zero-order valence-corrected chi connectivity index (χ0v) is 18.8. The molecule has 3 aromatic rings. The third kappa shape index (κ3) is 6.10. The molecule has 3 N–H and O–H groups in total. The molecule has 0 heterocycles. The molecule has 3 aromatic carbocycles. The average Bonchev–Trinajstić information content (AvgIpc) is 2.79. The predicted octanol–water partition coefficient (Wildman–Crippen LogP) is 3.80. The number of carbonyl (C=O) groups excluding carboxylic acids is 1. The molecule has 0 aliphatic carbocycles. The van der Waals surface area contributed by atoms with Crippen LogP contribution in [-0.2, 0) is 14.8 Å². The van der Waals surface area contributed by atoms with Crippen LogP contribution in [0.2, 0.25) is 0 Å². The average molecular weight is 466 g/mol. The summed E-state index contributed by atoms with van der Waals surface area (Å²) in [5, 5.41) is 5.78. The molecule has 0 unspecified atom stereocenters. The summed E-state index contributed by atoms with van der Waals surface area (Å²) in [6.07, 6.45) is 1.47. The largest absolute Gasteiger partial charge is 0.332 e. The van der Waals surface area contributed by atoms with Crippen LogP contribution in [0.3, 0.4) is 0 Å². The summed E-state index contributed by atoms with van der Waals surface area (Å²) in [5.41, 5.74) is 2.25. The summed E-state index contributed by atoms with van der Waals surface area (Å²) in [7, 11) is -3.61. The van der Waals surface area contributed by atoms with Crippen LogP contribution in [-0.4, -0.2) is 26.0 Å². The van der Waals surface area contributed by atoms with Crippen molar-refractivity contribution in [2.45, 2.75) is 10.8 Å². The summed E-state index contributed by atoms with van der Waals surface area (Å²) >= 11 is 5.31. The summed E-state index contributed by atoms with van der Waals surface area (Å²) in [5.74, 6) is -0.798. The molecule has 0 aromatic heterocycles. The molecule has 0 aliphatic heterocycles. The van der Waals surface area contributed by atoms with E-state index in [1.165, 1.54) is 18.2 Å². The fourth-order valence-corrected chi connectivity index (χ4v) is 4.32. The van der Waals surface area contributed by atoms with Gasteiger partial charge in [-0.2, -0.15) is 0 Å². The van der Waals surface area contributed by atoms with Crippen molar-refractivity contribution < 1.29 is 13.2 Å². The fraction of sp³-hybridized carbons (Fsp3) is 0.0833. The Kier molecular flexibility index (Phi) is 7.88. The van der Waals surface area contributed by atoms with E-state index in [0.29, 0.717) is 5.69 Å². The number of sulfonamides is 1. The molecule has 8 heteroatoms. The molecule has 164 valence electrons. The molecule has 6 nitrogen and oxygen atoms in total. The summed E-state index contributed by atoms with van der Waals surface area (Å²) in [6.45, 7) is 3.63. The number of anilines is 1. The Morgan fingerprint density at radius 2 is 1.44 bits per heavy atom. The number of rotatable bonds is 8. The highest BCUT2D eigenvalue weighted by Gasteiger charge is 2.23. The molecular formula is C24H23N3O3S2. The number of carbonyl (C=O) groups is 1. The molecule has 0 saturated heterocycles. The van der Waals surface area contributed by atoms with Crippen LogP contribution in [0.25, 0.3) is 0 Å². The number of hydrogen-bond acceptors (Lipinski definition) is 4. The van der Waals surface area contributed by atoms with Gasteiger partial charge in [0.2, 0.25) is 15.9 Å². The van der Waals surface area contributed by atoms with Crippen molar-refractivity contribution in [2.24, 2.45) is 0 Å². The van der Waals surface area contributed by atoms with Gasteiger partial charge < -0.3 is 10.6 Å². The number of amides is 1. The van der Waals surface area contributed by atoms with Gasteiger partial charge in [0.05, 0.1) is 10.8 Å². The molecule has 0 fully saturated rings. The minimum Gasteiger partial charge on any atom is -0.332 e. The molecule has 0 radical (unpaired) electrons. The van der Waals surface area contributed by atoms with Crippen LogP contribution in [0.5, 0.6) is 0 Å². The smallest absolute Gasteiger partial charge is 0.240 e. The van der Waals surface area contributed by atoms with E-state index in [0.717, 1.165) is 11.1 Å². The minimum atomic E-state index is -3.61. The van der Waals surface area contributed by atoms with Crippen molar-refractivity contribution in [3.8, 4) is 0 Å². The summed E-state index contributed by atoms with van der Waals surface area (Å²) in [4.78, 5) is 13.2. The van der Waals surface area contributed by atoms with E-state index < -0.39 is 15.9 Å². The summed E-state index contributed by atoms with van der Waals surface area (Å²) in [6, 6.07) is 25.0. The van der Waals surface area contributed by atoms with Crippen LogP contribution < -0.4 is 15.4 Å². The van der Waals surface area contributed by atoms with Crippen molar-refractivity contribution >= 4 is 38.9 Å². The normalized spacial score (nSPS) is 11.0. The van der Waals surface area contributed by atoms with Crippen LogP contribution in [0, 0.1) is 0 Å². The number of benzene rings is 3. The second-order valence-corrected chi connectivity index (χ2v) is 9.04. The fourth-order valence-electron chi connectivity index (χ4n) is 3.10. The molecule has 32 heavy (non-hydrogen) atoms. The second-order valence-electron chi connectivity index (χ2n) is 6.86. The maximum absolute atomic E-state index is 13.1. The van der Waals surface area contributed by atoms with E-state index in [1.54, 1.807) is 12.1 Å². The van der Waals surface area contributed by atoms with Crippen LogP contribution in [0.15, 0.2) is 102 Å². The first kappa shape index (κ1) is 23.3. The molecule has 0 atom stereocenters. The standard InChI is InChI=1S/C24H23N3O3S2/c1-2-17-25-32(29,30)21-15-13-20(14-16-21)26-24(31)27-23(28)22(18-9-5-3-6-10-18)19-11-7-4-8-12-19/h2-16,22,25H,1,17H2,(H2,26,27,28,31). The third-order valence-electron chi connectivity index (χ3n) is 4.60. The quantitative estimate of drug-likeness (QED) is 0.348. The third-order valence-corrected chi connectivity index (χ3v) is 6.25.